The van der Waals surface area contributed by atoms with E-state index in [0.29, 0.717) is 0 Å². The molecule has 1 aromatic carbocycles. The van der Waals surface area contributed by atoms with E-state index in [1.165, 1.54) is 0 Å². The predicted molar refractivity (Wildman–Crippen MR) is 92.2 cm³/mol. The minimum atomic E-state index is 0.768. The molecule has 1 heterocycles. The normalized spacial score (nSPS) is 10.5. The maximum absolute atomic E-state index is 4.48. The summed E-state index contributed by atoms with van der Waals surface area (Å²) in [6, 6.07) is 14.2. The van der Waals surface area contributed by atoms with Crippen LogP contribution in [0.25, 0.3) is 12.2 Å². The fourth-order valence-corrected chi connectivity index (χ4v) is 2.13. The lowest BCUT2D eigenvalue weighted by Gasteiger charge is -2.22. The van der Waals surface area contributed by atoms with Gasteiger partial charge in [0.2, 0.25) is 0 Å². The summed E-state index contributed by atoms with van der Waals surface area (Å²) >= 11 is 0. The lowest BCUT2D eigenvalue weighted by molar-refractivity contribution is 0.947. The van der Waals surface area contributed by atoms with Gasteiger partial charge in [0.1, 0.15) is 0 Å². The molecule has 0 bridgehead atoms. The summed E-state index contributed by atoms with van der Waals surface area (Å²) in [6.07, 6.45) is 9.71. The second-order valence-electron chi connectivity index (χ2n) is 4.63. The first kappa shape index (κ1) is 14.8. The second kappa shape index (κ2) is 7.85. The second-order valence-corrected chi connectivity index (χ2v) is 4.63. The van der Waals surface area contributed by atoms with Gasteiger partial charge in [0.05, 0.1) is 11.4 Å². The first-order valence-corrected chi connectivity index (χ1v) is 7.00. The SMILES string of the molecule is C=CCN(CC=C)c1cccnc1C=Cc1ccccc1. The van der Waals surface area contributed by atoms with Gasteiger partial charge in [0.15, 0.2) is 0 Å². The van der Waals surface area contributed by atoms with Crippen LogP contribution in [0, 0.1) is 0 Å². The number of aromatic nitrogens is 1. The van der Waals surface area contributed by atoms with Crippen LogP contribution >= 0.6 is 0 Å². The van der Waals surface area contributed by atoms with Crippen LogP contribution in [0.5, 0.6) is 0 Å². The standard InChI is InChI=1S/C19H20N2/c1-3-15-21(16-4-2)19-11-8-14-20-18(19)13-12-17-9-6-5-7-10-17/h3-14H,1-2,15-16H2. The van der Waals surface area contributed by atoms with Crippen LogP contribution in [0.4, 0.5) is 5.69 Å². The Morgan fingerprint density at radius 3 is 2.29 bits per heavy atom. The van der Waals surface area contributed by atoms with Gasteiger partial charge in [-0.2, -0.15) is 0 Å². The maximum Gasteiger partial charge on any atom is 0.0863 e. The zero-order valence-corrected chi connectivity index (χ0v) is 12.2. The topological polar surface area (TPSA) is 16.1 Å². The molecule has 0 saturated carbocycles. The summed E-state index contributed by atoms with van der Waals surface area (Å²) in [4.78, 5) is 6.67. The smallest absolute Gasteiger partial charge is 0.0863 e. The summed E-state index contributed by atoms with van der Waals surface area (Å²) in [6.45, 7) is 9.17. The molecule has 2 heteroatoms. The Morgan fingerprint density at radius 2 is 1.62 bits per heavy atom. The molecule has 0 N–H and O–H groups in total. The Labute approximate surface area is 126 Å². The highest BCUT2D eigenvalue weighted by Crippen LogP contribution is 2.20. The Bertz CT molecular complexity index is 604. The first-order chi connectivity index (χ1) is 10.3. The minimum absolute atomic E-state index is 0.768. The van der Waals surface area contributed by atoms with Crippen molar-refractivity contribution in [3.05, 3.63) is 85.2 Å². The van der Waals surface area contributed by atoms with Crippen LogP contribution in [-0.4, -0.2) is 18.1 Å². The van der Waals surface area contributed by atoms with Crippen LogP contribution in [0.2, 0.25) is 0 Å². The van der Waals surface area contributed by atoms with E-state index >= 15 is 0 Å². The van der Waals surface area contributed by atoms with E-state index in [-0.39, 0.29) is 0 Å². The van der Waals surface area contributed by atoms with Gasteiger partial charge in [-0.3, -0.25) is 4.98 Å². The van der Waals surface area contributed by atoms with Crippen LogP contribution in [-0.2, 0) is 0 Å². The molecule has 0 fully saturated rings. The van der Waals surface area contributed by atoms with E-state index in [0.717, 1.165) is 30.0 Å². The molecular weight excluding hydrogens is 256 g/mol. The largest absolute Gasteiger partial charge is 0.362 e. The Kier molecular flexibility index (Phi) is 5.53. The molecule has 2 rings (SSSR count). The number of rotatable bonds is 7. The number of anilines is 1. The van der Waals surface area contributed by atoms with Gasteiger partial charge in [0.25, 0.3) is 0 Å². The van der Waals surface area contributed by atoms with Crippen molar-refractivity contribution in [2.24, 2.45) is 0 Å². The van der Waals surface area contributed by atoms with Gasteiger partial charge < -0.3 is 4.90 Å². The fraction of sp³-hybridized carbons (Fsp3) is 0.105. The number of pyridine rings is 1. The lowest BCUT2D eigenvalue weighted by atomic mass is 10.1. The van der Waals surface area contributed by atoms with Crippen molar-refractivity contribution < 1.29 is 0 Å². The highest BCUT2D eigenvalue weighted by atomic mass is 15.1. The van der Waals surface area contributed by atoms with Gasteiger partial charge in [-0.15, -0.1) is 13.2 Å². The third kappa shape index (κ3) is 4.18. The maximum atomic E-state index is 4.48. The van der Waals surface area contributed by atoms with Crippen molar-refractivity contribution in [2.75, 3.05) is 18.0 Å². The first-order valence-electron chi connectivity index (χ1n) is 7.00. The molecule has 2 aromatic rings. The number of hydrogen-bond acceptors (Lipinski definition) is 2. The molecule has 2 nitrogen and oxygen atoms in total. The summed E-state index contributed by atoms with van der Waals surface area (Å²) in [5, 5.41) is 0. The Morgan fingerprint density at radius 1 is 0.905 bits per heavy atom. The van der Waals surface area contributed by atoms with E-state index in [1.807, 2.05) is 48.7 Å². The van der Waals surface area contributed by atoms with Gasteiger partial charge >= 0.3 is 0 Å². The Balaban J connectivity index is 2.29. The van der Waals surface area contributed by atoms with E-state index < -0.39 is 0 Å². The van der Waals surface area contributed by atoms with Gasteiger partial charge in [-0.1, -0.05) is 48.6 Å². The zero-order valence-electron chi connectivity index (χ0n) is 12.2. The van der Waals surface area contributed by atoms with E-state index in [4.69, 9.17) is 0 Å². The third-order valence-corrected chi connectivity index (χ3v) is 3.09. The van der Waals surface area contributed by atoms with Crippen molar-refractivity contribution in [1.29, 1.82) is 0 Å². The predicted octanol–water partition coefficient (Wildman–Crippen LogP) is 4.43. The molecule has 0 amide bonds. The molecule has 0 radical (unpaired) electrons. The van der Waals surface area contributed by atoms with E-state index in [9.17, 15) is 0 Å². The van der Waals surface area contributed by atoms with E-state index in [1.54, 1.807) is 0 Å². The zero-order chi connectivity index (χ0) is 14.9. The van der Waals surface area contributed by atoms with Crippen molar-refractivity contribution in [2.45, 2.75) is 0 Å². The van der Waals surface area contributed by atoms with Crippen molar-refractivity contribution in [3.8, 4) is 0 Å². The molecule has 1 aromatic heterocycles. The molecule has 0 aliphatic rings. The quantitative estimate of drug-likeness (QED) is 0.695. The van der Waals surface area contributed by atoms with E-state index in [2.05, 4.69) is 47.3 Å². The summed E-state index contributed by atoms with van der Waals surface area (Å²) in [5.74, 6) is 0. The number of nitrogens with zero attached hydrogens (tertiary/aromatic N) is 2. The van der Waals surface area contributed by atoms with Crippen molar-refractivity contribution in [3.63, 3.8) is 0 Å². The summed E-state index contributed by atoms with van der Waals surface area (Å²) in [7, 11) is 0. The molecule has 21 heavy (non-hydrogen) atoms. The third-order valence-electron chi connectivity index (χ3n) is 3.09. The van der Waals surface area contributed by atoms with Crippen LogP contribution in [0.15, 0.2) is 74.0 Å². The molecule has 0 saturated heterocycles. The monoisotopic (exact) mass is 276 g/mol. The molecule has 0 spiro atoms. The van der Waals surface area contributed by atoms with Gasteiger partial charge in [0, 0.05) is 19.3 Å². The molecule has 0 atom stereocenters. The van der Waals surface area contributed by atoms with Crippen LogP contribution < -0.4 is 4.90 Å². The molecular formula is C19H20N2. The highest BCUT2D eigenvalue weighted by molar-refractivity contribution is 5.75. The molecule has 0 aliphatic carbocycles. The average molecular weight is 276 g/mol. The van der Waals surface area contributed by atoms with Gasteiger partial charge in [-0.05, 0) is 23.8 Å². The van der Waals surface area contributed by atoms with Crippen LogP contribution in [0.1, 0.15) is 11.3 Å². The summed E-state index contributed by atoms with van der Waals surface area (Å²) in [5.41, 5.74) is 3.20. The lowest BCUT2D eigenvalue weighted by Crippen LogP contribution is -2.24. The molecule has 0 aliphatic heterocycles. The fourth-order valence-electron chi connectivity index (χ4n) is 2.13. The van der Waals surface area contributed by atoms with Crippen LogP contribution in [0.3, 0.4) is 0 Å². The van der Waals surface area contributed by atoms with Crippen molar-refractivity contribution >= 4 is 17.8 Å². The number of benzene rings is 1. The minimum Gasteiger partial charge on any atom is -0.362 e. The molecule has 106 valence electrons. The number of hydrogen-bond donors (Lipinski definition) is 0. The van der Waals surface area contributed by atoms with Crippen molar-refractivity contribution in [1.82, 2.24) is 4.98 Å². The summed E-state index contributed by atoms with van der Waals surface area (Å²) < 4.78 is 0. The highest BCUT2D eigenvalue weighted by Gasteiger charge is 2.07. The Hall–Kier alpha value is -2.61. The average Bonchev–Trinajstić information content (AvgIpc) is 2.54. The molecule has 0 unspecified atom stereocenters. The van der Waals surface area contributed by atoms with Gasteiger partial charge in [-0.25, -0.2) is 0 Å².